The summed E-state index contributed by atoms with van der Waals surface area (Å²) in [6.45, 7) is 0. The Morgan fingerprint density at radius 1 is 0.769 bits per heavy atom. The van der Waals surface area contributed by atoms with Crippen LogP contribution in [0.1, 0.15) is 15.9 Å². The molecule has 1 amide bonds. The zero-order chi connectivity index (χ0) is 18.6. The van der Waals surface area contributed by atoms with E-state index >= 15 is 0 Å². The van der Waals surface area contributed by atoms with Crippen LogP contribution in [0.4, 0.5) is 30.2 Å². The molecule has 0 aliphatic carbocycles. The van der Waals surface area contributed by atoms with Gasteiger partial charge in [-0.2, -0.15) is 13.2 Å². The molecule has 0 heterocycles. The zero-order valence-electron chi connectivity index (χ0n) is 13.5. The zero-order valence-corrected chi connectivity index (χ0v) is 13.5. The van der Waals surface area contributed by atoms with E-state index in [1.807, 2.05) is 6.07 Å². The molecule has 132 valence electrons. The van der Waals surface area contributed by atoms with Gasteiger partial charge in [-0.1, -0.05) is 36.4 Å². The van der Waals surface area contributed by atoms with Crippen molar-refractivity contribution in [1.82, 2.24) is 0 Å². The second kappa shape index (κ2) is 7.31. The molecule has 0 atom stereocenters. The molecule has 0 spiro atoms. The molecule has 0 bridgehead atoms. The molecule has 0 aliphatic rings. The van der Waals surface area contributed by atoms with Gasteiger partial charge in [-0.3, -0.25) is 4.79 Å². The fourth-order valence-corrected chi connectivity index (χ4v) is 2.44. The maximum absolute atomic E-state index is 12.9. The van der Waals surface area contributed by atoms with Gasteiger partial charge in [0.25, 0.3) is 5.91 Å². The monoisotopic (exact) mass is 356 g/mol. The fourth-order valence-electron chi connectivity index (χ4n) is 2.44. The molecule has 0 saturated heterocycles. The number of hydrogen-bond acceptors (Lipinski definition) is 2. The largest absolute Gasteiger partial charge is 0.416 e. The van der Waals surface area contributed by atoms with Crippen LogP contribution in [0.15, 0.2) is 78.9 Å². The molecule has 3 aromatic rings. The van der Waals surface area contributed by atoms with E-state index in [1.54, 1.807) is 48.5 Å². The summed E-state index contributed by atoms with van der Waals surface area (Å²) in [7, 11) is 0. The van der Waals surface area contributed by atoms with Gasteiger partial charge in [0, 0.05) is 11.4 Å². The fraction of sp³-hybridized carbons (Fsp3) is 0.0500. The summed E-state index contributed by atoms with van der Waals surface area (Å²) < 4.78 is 38.6. The molecule has 0 fully saturated rings. The summed E-state index contributed by atoms with van der Waals surface area (Å²) in [5, 5.41) is 5.65. The van der Waals surface area contributed by atoms with Crippen LogP contribution >= 0.6 is 0 Å². The third-order valence-electron chi connectivity index (χ3n) is 3.67. The third-order valence-corrected chi connectivity index (χ3v) is 3.67. The maximum atomic E-state index is 12.9. The van der Waals surface area contributed by atoms with Gasteiger partial charge >= 0.3 is 6.18 Å². The van der Waals surface area contributed by atoms with Crippen LogP contribution < -0.4 is 10.6 Å². The van der Waals surface area contributed by atoms with Crippen molar-refractivity contribution in [1.29, 1.82) is 0 Å². The van der Waals surface area contributed by atoms with Crippen LogP contribution in [-0.2, 0) is 6.18 Å². The van der Waals surface area contributed by atoms with Crippen LogP contribution in [0.25, 0.3) is 0 Å². The standard InChI is InChI=1S/C20H15F3N2O/c21-20(22,23)14-7-6-10-16(13-14)24-18-12-5-4-11-17(18)19(26)25-15-8-2-1-3-9-15/h1-13,24H,(H,25,26). The lowest BCUT2D eigenvalue weighted by Gasteiger charge is -2.14. The van der Waals surface area contributed by atoms with Crippen molar-refractivity contribution in [2.45, 2.75) is 6.18 Å². The first-order valence-electron chi connectivity index (χ1n) is 7.83. The van der Waals surface area contributed by atoms with Crippen LogP contribution in [-0.4, -0.2) is 5.91 Å². The minimum atomic E-state index is -4.43. The van der Waals surface area contributed by atoms with Gasteiger partial charge in [0.05, 0.1) is 16.8 Å². The smallest absolute Gasteiger partial charge is 0.355 e. The van der Waals surface area contributed by atoms with Crippen LogP contribution in [0.2, 0.25) is 0 Å². The lowest BCUT2D eigenvalue weighted by atomic mass is 10.1. The quantitative estimate of drug-likeness (QED) is 0.629. The molecule has 0 unspecified atom stereocenters. The van der Waals surface area contributed by atoms with E-state index in [0.29, 0.717) is 16.9 Å². The lowest BCUT2D eigenvalue weighted by Crippen LogP contribution is -2.14. The van der Waals surface area contributed by atoms with Crippen molar-refractivity contribution in [2.24, 2.45) is 0 Å². The predicted molar refractivity (Wildman–Crippen MR) is 95.6 cm³/mol. The molecule has 3 aromatic carbocycles. The minimum Gasteiger partial charge on any atom is -0.355 e. The van der Waals surface area contributed by atoms with E-state index in [2.05, 4.69) is 10.6 Å². The Morgan fingerprint density at radius 3 is 2.15 bits per heavy atom. The number of nitrogens with one attached hydrogen (secondary N) is 2. The number of para-hydroxylation sites is 2. The Hall–Kier alpha value is -3.28. The highest BCUT2D eigenvalue weighted by molar-refractivity contribution is 6.08. The molecule has 0 saturated carbocycles. The van der Waals surface area contributed by atoms with E-state index < -0.39 is 11.7 Å². The second-order valence-corrected chi connectivity index (χ2v) is 5.57. The van der Waals surface area contributed by atoms with Crippen LogP contribution in [0, 0.1) is 0 Å². The topological polar surface area (TPSA) is 41.1 Å². The van der Waals surface area contributed by atoms with Crippen LogP contribution in [0.3, 0.4) is 0 Å². The van der Waals surface area contributed by atoms with Crippen LogP contribution in [0.5, 0.6) is 0 Å². The molecule has 2 N–H and O–H groups in total. The van der Waals surface area contributed by atoms with E-state index in [9.17, 15) is 18.0 Å². The van der Waals surface area contributed by atoms with E-state index in [1.165, 1.54) is 12.1 Å². The van der Waals surface area contributed by atoms with Gasteiger partial charge < -0.3 is 10.6 Å². The number of amides is 1. The van der Waals surface area contributed by atoms with Crippen molar-refractivity contribution in [3.63, 3.8) is 0 Å². The molecule has 3 nitrogen and oxygen atoms in total. The number of alkyl halides is 3. The molecule has 26 heavy (non-hydrogen) atoms. The first kappa shape index (κ1) is 17.5. The number of benzene rings is 3. The first-order valence-corrected chi connectivity index (χ1v) is 7.83. The highest BCUT2D eigenvalue weighted by Crippen LogP contribution is 2.32. The Kier molecular flexibility index (Phi) is 4.93. The van der Waals surface area contributed by atoms with Crippen molar-refractivity contribution >= 4 is 23.0 Å². The maximum Gasteiger partial charge on any atom is 0.416 e. The van der Waals surface area contributed by atoms with Gasteiger partial charge in [0.1, 0.15) is 0 Å². The number of halogens is 3. The Morgan fingerprint density at radius 2 is 1.42 bits per heavy atom. The summed E-state index contributed by atoms with van der Waals surface area (Å²) in [6, 6.07) is 20.4. The van der Waals surface area contributed by atoms with Crippen molar-refractivity contribution in [2.75, 3.05) is 10.6 Å². The average molecular weight is 356 g/mol. The SMILES string of the molecule is O=C(Nc1ccccc1)c1ccccc1Nc1cccc(C(F)(F)F)c1. The molecule has 0 aliphatic heterocycles. The number of rotatable bonds is 4. The molecule has 0 aromatic heterocycles. The Balaban J connectivity index is 1.85. The highest BCUT2D eigenvalue weighted by atomic mass is 19.4. The van der Waals surface area contributed by atoms with Gasteiger partial charge in [0.2, 0.25) is 0 Å². The molecule has 3 rings (SSSR count). The molecular formula is C20H15F3N2O. The lowest BCUT2D eigenvalue weighted by molar-refractivity contribution is -0.137. The van der Waals surface area contributed by atoms with E-state index in [0.717, 1.165) is 12.1 Å². The second-order valence-electron chi connectivity index (χ2n) is 5.57. The Labute approximate surface area is 148 Å². The molecule has 6 heteroatoms. The summed E-state index contributed by atoms with van der Waals surface area (Å²) in [6.07, 6.45) is -4.43. The molecule has 0 radical (unpaired) electrons. The Bertz CT molecular complexity index is 908. The molecular weight excluding hydrogens is 341 g/mol. The summed E-state index contributed by atoms with van der Waals surface area (Å²) >= 11 is 0. The average Bonchev–Trinajstić information content (AvgIpc) is 2.62. The van der Waals surface area contributed by atoms with Gasteiger partial charge in [0.15, 0.2) is 0 Å². The number of anilines is 3. The van der Waals surface area contributed by atoms with Crippen molar-refractivity contribution in [3.05, 3.63) is 90.0 Å². The minimum absolute atomic E-state index is 0.250. The van der Waals surface area contributed by atoms with Gasteiger partial charge in [-0.05, 0) is 42.5 Å². The summed E-state index contributed by atoms with van der Waals surface area (Å²) in [5.74, 6) is -0.355. The van der Waals surface area contributed by atoms with Gasteiger partial charge in [-0.15, -0.1) is 0 Å². The predicted octanol–water partition coefficient (Wildman–Crippen LogP) is 5.70. The van der Waals surface area contributed by atoms with Gasteiger partial charge in [-0.25, -0.2) is 0 Å². The third kappa shape index (κ3) is 4.22. The number of hydrogen-bond donors (Lipinski definition) is 2. The van der Waals surface area contributed by atoms with E-state index in [4.69, 9.17) is 0 Å². The van der Waals surface area contributed by atoms with Crippen molar-refractivity contribution in [3.8, 4) is 0 Å². The highest BCUT2D eigenvalue weighted by Gasteiger charge is 2.30. The normalized spacial score (nSPS) is 11.0. The number of carbonyl (C=O) groups is 1. The summed E-state index contributed by atoms with van der Waals surface area (Å²) in [5.41, 5.74) is 0.869. The van der Waals surface area contributed by atoms with Crippen molar-refractivity contribution < 1.29 is 18.0 Å². The first-order chi connectivity index (χ1) is 12.4. The summed E-state index contributed by atoms with van der Waals surface area (Å²) in [4.78, 5) is 12.5. The number of carbonyl (C=O) groups excluding carboxylic acids is 1. The van der Waals surface area contributed by atoms with E-state index in [-0.39, 0.29) is 11.6 Å².